The van der Waals surface area contributed by atoms with E-state index in [2.05, 4.69) is 14.5 Å². The number of fused-ring (bicyclic) bond motifs is 1. The van der Waals surface area contributed by atoms with E-state index in [1.165, 1.54) is 18.4 Å². The Hall–Kier alpha value is -1.52. The lowest BCUT2D eigenvalue weighted by atomic mass is 9.86. The van der Waals surface area contributed by atoms with Crippen LogP contribution in [0.1, 0.15) is 34.9 Å². The van der Waals surface area contributed by atoms with Crippen LogP contribution in [0.15, 0.2) is 24.3 Å². The van der Waals surface area contributed by atoms with E-state index in [4.69, 9.17) is 11.6 Å². The van der Waals surface area contributed by atoms with E-state index >= 15 is 0 Å². The van der Waals surface area contributed by atoms with Gasteiger partial charge in [-0.1, -0.05) is 23.7 Å². The minimum Gasteiger partial charge on any atom is -0.300 e. The number of aromatic nitrogens is 1. The van der Waals surface area contributed by atoms with Crippen LogP contribution in [0.3, 0.4) is 0 Å². The highest BCUT2D eigenvalue weighted by Gasteiger charge is 2.26. The van der Waals surface area contributed by atoms with Gasteiger partial charge >= 0.3 is 10.3 Å². The number of hydrogen-bond donors (Lipinski definition) is 2. The van der Waals surface area contributed by atoms with Gasteiger partial charge < -0.3 is 0 Å². The number of halogens is 1. The molecule has 1 aromatic carbocycles. The molecule has 0 saturated heterocycles. The molecule has 2 aromatic rings. The van der Waals surface area contributed by atoms with Crippen LogP contribution in [0.2, 0.25) is 5.02 Å². The van der Waals surface area contributed by atoms with Gasteiger partial charge in [0.1, 0.15) is 6.61 Å². The molecule has 1 aliphatic carbocycles. The maximum atomic E-state index is 11.9. The number of nitrogens with one attached hydrogen (secondary N) is 2. The number of aryl methyl sites for hydroxylation is 1. The zero-order chi connectivity index (χ0) is 18.7. The molecule has 140 valence electrons. The second kappa shape index (κ2) is 8.01. The SMILES string of the molecule is CNS(=O)(=O)OCC(=O)Nc1nc2c(s1)[C@H](c1cccc(Cl)c1)CCC2. The Bertz CT molecular complexity index is 914. The summed E-state index contributed by atoms with van der Waals surface area (Å²) in [4.78, 5) is 17.5. The van der Waals surface area contributed by atoms with Crippen LogP contribution in [0, 0.1) is 0 Å². The Morgan fingerprint density at radius 3 is 3.00 bits per heavy atom. The fraction of sp³-hybridized carbons (Fsp3) is 0.375. The van der Waals surface area contributed by atoms with Crippen molar-refractivity contribution in [2.75, 3.05) is 19.0 Å². The van der Waals surface area contributed by atoms with Gasteiger partial charge in [0.25, 0.3) is 5.91 Å². The predicted molar refractivity (Wildman–Crippen MR) is 101 cm³/mol. The molecule has 0 unspecified atom stereocenters. The van der Waals surface area contributed by atoms with E-state index in [-0.39, 0.29) is 5.92 Å². The molecule has 0 radical (unpaired) electrons. The molecule has 3 rings (SSSR count). The summed E-state index contributed by atoms with van der Waals surface area (Å²) in [5.41, 5.74) is 2.09. The Morgan fingerprint density at radius 1 is 1.46 bits per heavy atom. The van der Waals surface area contributed by atoms with Gasteiger partial charge in [0.15, 0.2) is 5.13 Å². The summed E-state index contributed by atoms with van der Waals surface area (Å²) < 4.78 is 28.9. The van der Waals surface area contributed by atoms with Crippen LogP contribution >= 0.6 is 22.9 Å². The molecule has 26 heavy (non-hydrogen) atoms. The number of carbonyl (C=O) groups is 1. The summed E-state index contributed by atoms with van der Waals surface area (Å²) in [6.45, 7) is -0.606. The summed E-state index contributed by atoms with van der Waals surface area (Å²) in [7, 11) is -2.69. The molecule has 0 saturated carbocycles. The molecule has 0 fully saturated rings. The molecular weight excluding hydrogens is 398 g/mol. The maximum absolute atomic E-state index is 11.9. The van der Waals surface area contributed by atoms with Gasteiger partial charge in [-0.05, 0) is 37.0 Å². The molecule has 1 atom stereocenters. The van der Waals surface area contributed by atoms with Crippen molar-refractivity contribution in [1.82, 2.24) is 9.71 Å². The largest absolute Gasteiger partial charge is 0.336 e. The van der Waals surface area contributed by atoms with Crippen LogP contribution in [0.4, 0.5) is 5.13 Å². The normalized spacial score (nSPS) is 16.9. The first-order chi connectivity index (χ1) is 12.4. The van der Waals surface area contributed by atoms with E-state index in [1.807, 2.05) is 29.0 Å². The second-order valence-electron chi connectivity index (χ2n) is 5.80. The topological polar surface area (TPSA) is 97.4 Å². The molecule has 0 spiro atoms. The Morgan fingerprint density at radius 2 is 2.27 bits per heavy atom. The number of rotatable bonds is 6. The smallest absolute Gasteiger partial charge is 0.300 e. The van der Waals surface area contributed by atoms with E-state index in [1.54, 1.807) is 0 Å². The second-order valence-corrected chi connectivity index (χ2v) is 8.82. The fourth-order valence-corrected chi connectivity index (χ4v) is 4.63. The van der Waals surface area contributed by atoms with Crippen molar-refractivity contribution in [2.24, 2.45) is 0 Å². The van der Waals surface area contributed by atoms with Crippen molar-refractivity contribution >= 4 is 44.3 Å². The molecule has 0 bridgehead atoms. The third-order valence-corrected chi connectivity index (χ3v) is 6.33. The lowest BCUT2D eigenvalue weighted by molar-refractivity contribution is -0.118. The molecular formula is C16H18ClN3O4S2. The minimum atomic E-state index is -3.90. The molecule has 1 heterocycles. The van der Waals surface area contributed by atoms with Crippen molar-refractivity contribution in [2.45, 2.75) is 25.2 Å². The highest BCUT2D eigenvalue weighted by Crippen LogP contribution is 2.41. The van der Waals surface area contributed by atoms with Crippen LogP contribution in [0.25, 0.3) is 0 Å². The summed E-state index contributed by atoms with van der Waals surface area (Å²) >= 11 is 7.52. The van der Waals surface area contributed by atoms with Gasteiger partial charge in [0.2, 0.25) is 0 Å². The number of carbonyl (C=O) groups excluding carboxylic acids is 1. The highest BCUT2D eigenvalue weighted by molar-refractivity contribution is 7.84. The maximum Gasteiger partial charge on any atom is 0.336 e. The number of nitrogens with zero attached hydrogens (tertiary/aromatic N) is 1. The van der Waals surface area contributed by atoms with Crippen molar-refractivity contribution in [3.8, 4) is 0 Å². The van der Waals surface area contributed by atoms with Gasteiger partial charge in [-0.25, -0.2) is 9.17 Å². The van der Waals surface area contributed by atoms with Gasteiger partial charge in [-0.3, -0.25) is 10.1 Å². The van der Waals surface area contributed by atoms with Crippen LogP contribution in [0.5, 0.6) is 0 Å². The van der Waals surface area contributed by atoms with Gasteiger partial charge in [-0.15, -0.1) is 11.3 Å². The van der Waals surface area contributed by atoms with Crippen molar-refractivity contribution in [3.63, 3.8) is 0 Å². The lowest BCUT2D eigenvalue weighted by Crippen LogP contribution is -2.27. The third kappa shape index (κ3) is 4.60. The number of benzene rings is 1. The van der Waals surface area contributed by atoms with Crippen LogP contribution < -0.4 is 10.0 Å². The van der Waals surface area contributed by atoms with E-state index in [0.717, 1.165) is 35.4 Å². The van der Waals surface area contributed by atoms with Crippen LogP contribution in [-0.2, 0) is 25.7 Å². The zero-order valence-electron chi connectivity index (χ0n) is 14.0. The number of hydrogen-bond acceptors (Lipinski definition) is 6. The lowest BCUT2D eigenvalue weighted by Gasteiger charge is -2.21. The summed E-state index contributed by atoms with van der Waals surface area (Å²) in [5, 5.41) is 3.74. The highest BCUT2D eigenvalue weighted by atomic mass is 35.5. The number of amides is 1. The Kier molecular flexibility index (Phi) is 5.93. The Labute approximate surface area is 161 Å². The molecule has 1 aromatic heterocycles. The van der Waals surface area contributed by atoms with E-state index in [9.17, 15) is 13.2 Å². The van der Waals surface area contributed by atoms with Gasteiger partial charge in [-0.2, -0.15) is 13.1 Å². The zero-order valence-corrected chi connectivity index (χ0v) is 16.4. The average Bonchev–Trinajstić information content (AvgIpc) is 3.02. The molecule has 0 aliphatic heterocycles. The molecule has 7 nitrogen and oxygen atoms in total. The first kappa shape index (κ1) is 19.2. The first-order valence-corrected chi connectivity index (χ1v) is 10.6. The standard InChI is InChI=1S/C16H18ClN3O4S2/c1-18-26(22,23)24-9-14(21)20-16-19-13-7-3-6-12(15(13)25-16)10-4-2-5-11(17)8-10/h2,4-5,8,12,18H,3,6-7,9H2,1H3,(H,19,20,21)/t12-/m0/s1. The molecule has 1 amide bonds. The molecule has 10 heteroatoms. The van der Waals surface area contributed by atoms with Crippen LogP contribution in [-0.4, -0.2) is 33.0 Å². The van der Waals surface area contributed by atoms with Crippen molar-refractivity contribution in [3.05, 3.63) is 45.4 Å². The van der Waals surface area contributed by atoms with Crippen molar-refractivity contribution in [1.29, 1.82) is 0 Å². The number of anilines is 1. The van der Waals surface area contributed by atoms with E-state index in [0.29, 0.717) is 10.2 Å². The van der Waals surface area contributed by atoms with Gasteiger partial charge in [0, 0.05) is 22.9 Å². The fourth-order valence-electron chi connectivity index (χ4n) is 2.86. The summed E-state index contributed by atoms with van der Waals surface area (Å²) in [6.07, 6.45) is 2.85. The molecule has 2 N–H and O–H groups in total. The van der Waals surface area contributed by atoms with Gasteiger partial charge in [0.05, 0.1) is 5.69 Å². The monoisotopic (exact) mass is 415 g/mol. The summed E-state index contributed by atoms with van der Waals surface area (Å²) in [5.74, 6) is -0.379. The first-order valence-electron chi connectivity index (χ1n) is 8.01. The summed E-state index contributed by atoms with van der Waals surface area (Å²) in [6, 6.07) is 7.76. The third-order valence-electron chi connectivity index (χ3n) is 4.04. The van der Waals surface area contributed by atoms with E-state index < -0.39 is 22.8 Å². The molecule has 1 aliphatic rings. The predicted octanol–water partition coefficient (Wildman–Crippen LogP) is 2.68. The average molecular weight is 416 g/mol. The quantitative estimate of drug-likeness (QED) is 0.755. The number of thiazole rings is 1. The minimum absolute atomic E-state index is 0.196. The Balaban J connectivity index is 1.74. The van der Waals surface area contributed by atoms with Crippen molar-refractivity contribution < 1.29 is 17.4 Å².